The maximum Gasteiger partial charge on any atom is 0.341 e. The minimum atomic E-state index is -0.693. The predicted octanol–water partition coefficient (Wildman–Crippen LogP) is 6.25. The smallest absolute Gasteiger partial charge is 0.341 e. The number of carbonyl (C=O) groups is 2. The minimum absolute atomic E-state index is 0.186. The molecule has 0 aliphatic heterocycles. The molecule has 0 unspecified atom stereocenters. The lowest BCUT2D eigenvalue weighted by Gasteiger charge is -2.23. The third kappa shape index (κ3) is 5.20. The summed E-state index contributed by atoms with van der Waals surface area (Å²) in [6.07, 6.45) is 0.559. The van der Waals surface area contributed by atoms with E-state index in [0.717, 1.165) is 10.4 Å². The van der Waals surface area contributed by atoms with Crippen molar-refractivity contribution in [2.24, 2.45) is 5.41 Å². The van der Waals surface area contributed by atoms with Crippen molar-refractivity contribution in [2.75, 3.05) is 11.9 Å². The van der Waals surface area contributed by atoms with Crippen LogP contribution in [0.4, 0.5) is 9.39 Å². The molecule has 31 heavy (non-hydrogen) atoms. The third-order valence-electron chi connectivity index (χ3n) is 5.03. The molecular weight excluding hydrogens is 413 g/mol. The SMILES string of the molecule is CCOC(=O)c1c(NC(=O)C(C)(C)Cc2ccccc2)sc(C)c1-c1ccc(F)cc1. The molecule has 6 heteroatoms. The summed E-state index contributed by atoms with van der Waals surface area (Å²) < 4.78 is 18.7. The zero-order chi connectivity index (χ0) is 22.6. The zero-order valence-corrected chi connectivity index (χ0v) is 18.9. The second-order valence-electron chi connectivity index (χ2n) is 7.97. The largest absolute Gasteiger partial charge is 0.462 e. The molecule has 0 atom stereocenters. The van der Waals surface area contributed by atoms with Crippen LogP contribution in [0.3, 0.4) is 0 Å². The second-order valence-corrected chi connectivity index (χ2v) is 9.19. The van der Waals surface area contributed by atoms with E-state index in [1.807, 2.05) is 51.1 Å². The molecule has 0 bridgehead atoms. The summed E-state index contributed by atoms with van der Waals surface area (Å²) in [5.74, 6) is -1.05. The Morgan fingerprint density at radius 2 is 1.71 bits per heavy atom. The summed E-state index contributed by atoms with van der Waals surface area (Å²) in [6, 6.07) is 15.7. The Morgan fingerprint density at radius 1 is 1.06 bits per heavy atom. The molecule has 0 fully saturated rings. The lowest BCUT2D eigenvalue weighted by Crippen LogP contribution is -2.33. The Balaban J connectivity index is 1.96. The van der Waals surface area contributed by atoms with Gasteiger partial charge in [-0.2, -0.15) is 0 Å². The van der Waals surface area contributed by atoms with Crippen LogP contribution in [0.2, 0.25) is 0 Å². The summed E-state index contributed by atoms with van der Waals surface area (Å²) in [5, 5.41) is 3.40. The first-order chi connectivity index (χ1) is 14.7. The van der Waals surface area contributed by atoms with Crippen LogP contribution in [0.25, 0.3) is 11.1 Å². The van der Waals surface area contributed by atoms with Crippen molar-refractivity contribution < 1.29 is 18.7 Å². The molecule has 1 heterocycles. The van der Waals surface area contributed by atoms with Crippen molar-refractivity contribution in [1.82, 2.24) is 0 Å². The number of rotatable bonds is 7. The van der Waals surface area contributed by atoms with E-state index in [1.165, 1.54) is 23.5 Å². The molecule has 0 aliphatic carbocycles. The summed E-state index contributed by atoms with van der Waals surface area (Å²) in [7, 11) is 0. The molecule has 4 nitrogen and oxygen atoms in total. The van der Waals surface area contributed by atoms with E-state index < -0.39 is 11.4 Å². The van der Waals surface area contributed by atoms with E-state index in [4.69, 9.17) is 4.74 Å². The number of halogens is 1. The van der Waals surface area contributed by atoms with Gasteiger partial charge in [0.2, 0.25) is 5.91 Å². The van der Waals surface area contributed by atoms with E-state index in [1.54, 1.807) is 19.1 Å². The van der Waals surface area contributed by atoms with E-state index in [-0.39, 0.29) is 18.3 Å². The van der Waals surface area contributed by atoms with Crippen molar-refractivity contribution in [3.63, 3.8) is 0 Å². The number of hydrogen-bond donors (Lipinski definition) is 1. The van der Waals surface area contributed by atoms with Crippen molar-refractivity contribution in [3.8, 4) is 11.1 Å². The number of carbonyl (C=O) groups excluding carboxylic acids is 2. The van der Waals surface area contributed by atoms with Gasteiger partial charge in [-0.05, 0) is 43.5 Å². The number of aryl methyl sites for hydroxylation is 1. The van der Waals surface area contributed by atoms with Crippen LogP contribution >= 0.6 is 11.3 Å². The molecule has 0 radical (unpaired) electrons. The van der Waals surface area contributed by atoms with Gasteiger partial charge in [0.1, 0.15) is 16.4 Å². The van der Waals surface area contributed by atoms with E-state index >= 15 is 0 Å². The van der Waals surface area contributed by atoms with Gasteiger partial charge in [-0.3, -0.25) is 4.79 Å². The second kappa shape index (κ2) is 9.43. The molecule has 3 aromatic rings. The fourth-order valence-electron chi connectivity index (χ4n) is 3.45. The van der Waals surface area contributed by atoms with Crippen LogP contribution in [0.1, 0.15) is 41.6 Å². The van der Waals surface area contributed by atoms with Crippen LogP contribution in [-0.2, 0) is 16.0 Å². The number of ether oxygens (including phenoxy) is 1. The zero-order valence-electron chi connectivity index (χ0n) is 18.1. The van der Waals surface area contributed by atoms with Crippen LogP contribution in [0.15, 0.2) is 54.6 Å². The molecule has 1 amide bonds. The minimum Gasteiger partial charge on any atom is -0.462 e. The van der Waals surface area contributed by atoms with Gasteiger partial charge in [0, 0.05) is 15.9 Å². The first kappa shape index (κ1) is 22.7. The number of thiophene rings is 1. The molecule has 162 valence electrons. The van der Waals surface area contributed by atoms with Gasteiger partial charge in [0.05, 0.1) is 6.61 Å². The highest BCUT2D eigenvalue weighted by atomic mass is 32.1. The molecular formula is C25H26FNO3S. The fourth-order valence-corrected chi connectivity index (χ4v) is 4.51. The Morgan fingerprint density at radius 3 is 2.32 bits per heavy atom. The van der Waals surface area contributed by atoms with Crippen LogP contribution < -0.4 is 5.32 Å². The van der Waals surface area contributed by atoms with Crippen molar-refractivity contribution >= 4 is 28.2 Å². The highest BCUT2D eigenvalue weighted by molar-refractivity contribution is 7.17. The van der Waals surface area contributed by atoms with Gasteiger partial charge in [0.15, 0.2) is 0 Å². The number of hydrogen-bond acceptors (Lipinski definition) is 4. The topological polar surface area (TPSA) is 55.4 Å². The van der Waals surface area contributed by atoms with Gasteiger partial charge in [-0.1, -0.05) is 56.3 Å². The summed E-state index contributed by atoms with van der Waals surface area (Å²) >= 11 is 1.32. The maximum absolute atomic E-state index is 13.4. The number of esters is 1. The molecule has 0 saturated carbocycles. The highest BCUT2D eigenvalue weighted by Crippen LogP contribution is 2.41. The average Bonchev–Trinajstić information content (AvgIpc) is 3.05. The van der Waals surface area contributed by atoms with Crippen LogP contribution in [0.5, 0.6) is 0 Å². The summed E-state index contributed by atoms with van der Waals surface area (Å²) in [5.41, 5.74) is 2.02. The number of amides is 1. The number of nitrogens with one attached hydrogen (secondary N) is 1. The van der Waals surface area contributed by atoms with Crippen LogP contribution in [0, 0.1) is 18.2 Å². The highest BCUT2D eigenvalue weighted by Gasteiger charge is 2.31. The van der Waals surface area contributed by atoms with Crippen molar-refractivity contribution in [2.45, 2.75) is 34.1 Å². The molecule has 2 aromatic carbocycles. The number of benzene rings is 2. The Kier molecular flexibility index (Phi) is 6.91. The number of anilines is 1. The molecule has 3 rings (SSSR count). The predicted molar refractivity (Wildman–Crippen MR) is 123 cm³/mol. The van der Waals surface area contributed by atoms with Gasteiger partial charge < -0.3 is 10.1 Å². The van der Waals surface area contributed by atoms with E-state index in [0.29, 0.717) is 28.1 Å². The van der Waals surface area contributed by atoms with Gasteiger partial charge in [0.25, 0.3) is 0 Å². The standard InChI is InChI=1S/C25H26FNO3S/c1-5-30-23(28)21-20(18-11-13-19(26)14-12-18)16(2)31-22(21)27-24(29)25(3,4)15-17-9-7-6-8-10-17/h6-14H,5,15H2,1-4H3,(H,27,29). The molecule has 1 aromatic heterocycles. The Bertz CT molecular complexity index is 1070. The summed E-state index contributed by atoms with van der Waals surface area (Å²) in [6.45, 7) is 7.57. The molecule has 0 aliphatic rings. The average molecular weight is 440 g/mol. The quantitative estimate of drug-likeness (QED) is 0.443. The Labute approximate surface area is 186 Å². The van der Waals surface area contributed by atoms with E-state index in [2.05, 4.69) is 5.32 Å². The first-order valence-electron chi connectivity index (χ1n) is 10.1. The third-order valence-corrected chi connectivity index (χ3v) is 6.05. The maximum atomic E-state index is 13.4. The lowest BCUT2D eigenvalue weighted by atomic mass is 9.85. The van der Waals surface area contributed by atoms with Crippen LogP contribution in [-0.4, -0.2) is 18.5 Å². The van der Waals surface area contributed by atoms with Gasteiger partial charge in [-0.15, -0.1) is 11.3 Å². The van der Waals surface area contributed by atoms with Crippen molar-refractivity contribution in [1.29, 1.82) is 0 Å². The molecule has 0 spiro atoms. The monoisotopic (exact) mass is 439 g/mol. The van der Waals surface area contributed by atoms with Crippen molar-refractivity contribution in [3.05, 3.63) is 76.4 Å². The van der Waals surface area contributed by atoms with Gasteiger partial charge in [-0.25, -0.2) is 9.18 Å². The fraction of sp³-hybridized carbons (Fsp3) is 0.280. The molecule has 0 saturated heterocycles. The summed E-state index contributed by atoms with van der Waals surface area (Å²) in [4.78, 5) is 26.8. The van der Waals surface area contributed by atoms with Gasteiger partial charge >= 0.3 is 5.97 Å². The lowest BCUT2D eigenvalue weighted by molar-refractivity contribution is -0.123. The Hall–Kier alpha value is -2.99. The first-order valence-corrected chi connectivity index (χ1v) is 11.0. The normalized spacial score (nSPS) is 11.3. The van der Waals surface area contributed by atoms with E-state index in [9.17, 15) is 14.0 Å². The molecule has 1 N–H and O–H groups in total.